The van der Waals surface area contributed by atoms with E-state index in [9.17, 15) is 10.1 Å². The Kier molecular flexibility index (Phi) is 3.01. The van der Waals surface area contributed by atoms with E-state index in [2.05, 4.69) is 4.90 Å². The molecular formula is C11H13ClN2O2. The van der Waals surface area contributed by atoms with E-state index in [4.69, 9.17) is 11.6 Å². The zero-order chi connectivity index (χ0) is 11.7. The summed E-state index contributed by atoms with van der Waals surface area (Å²) in [4.78, 5) is 12.5. The van der Waals surface area contributed by atoms with Gasteiger partial charge in [0.15, 0.2) is 0 Å². The molecule has 1 aliphatic rings. The zero-order valence-electron chi connectivity index (χ0n) is 9.07. The van der Waals surface area contributed by atoms with Crippen molar-refractivity contribution in [3.8, 4) is 0 Å². The number of nitro groups is 1. The van der Waals surface area contributed by atoms with Gasteiger partial charge in [0.05, 0.1) is 15.6 Å². The Balaban J connectivity index is 2.42. The molecule has 86 valence electrons. The van der Waals surface area contributed by atoms with Crippen molar-refractivity contribution in [3.63, 3.8) is 0 Å². The van der Waals surface area contributed by atoms with E-state index in [-0.39, 0.29) is 5.69 Å². The number of non-ortho nitro benzene ring substituents is 1. The molecule has 0 aromatic heterocycles. The monoisotopic (exact) mass is 240 g/mol. The van der Waals surface area contributed by atoms with Gasteiger partial charge in [0, 0.05) is 25.2 Å². The van der Waals surface area contributed by atoms with Gasteiger partial charge in [-0.25, -0.2) is 0 Å². The Morgan fingerprint density at radius 2 is 2.00 bits per heavy atom. The van der Waals surface area contributed by atoms with Crippen LogP contribution in [-0.4, -0.2) is 18.0 Å². The van der Waals surface area contributed by atoms with Crippen LogP contribution in [0.4, 0.5) is 11.4 Å². The second-order valence-corrected chi connectivity index (χ2v) is 4.45. The van der Waals surface area contributed by atoms with E-state index in [0.717, 1.165) is 37.2 Å². The summed E-state index contributed by atoms with van der Waals surface area (Å²) >= 11 is 6.11. The van der Waals surface area contributed by atoms with E-state index in [1.165, 1.54) is 6.07 Å². The SMILES string of the molecule is Cc1cc([N+](=O)[O-])cc(Cl)c1N1CCCC1. The second-order valence-electron chi connectivity index (χ2n) is 4.04. The summed E-state index contributed by atoms with van der Waals surface area (Å²) < 4.78 is 0. The number of hydrogen-bond donors (Lipinski definition) is 0. The molecular weight excluding hydrogens is 228 g/mol. The van der Waals surface area contributed by atoms with Crippen LogP contribution in [0.3, 0.4) is 0 Å². The van der Waals surface area contributed by atoms with Crippen LogP contribution >= 0.6 is 11.6 Å². The molecule has 0 N–H and O–H groups in total. The molecule has 1 heterocycles. The van der Waals surface area contributed by atoms with Crippen molar-refractivity contribution in [2.45, 2.75) is 19.8 Å². The van der Waals surface area contributed by atoms with E-state index < -0.39 is 4.92 Å². The van der Waals surface area contributed by atoms with E-state index in [1.807, 2.05) is 6.92 Å². The van der Waals surface area contributed by atoms with Crippen LogP contribution in [0, 0.1) is 17.0 Å². The predicted octanol–water partition coefficient (Wildman–Crippen LogP) is 3.16. The first-order chi connectivity index (χ1) is 7.59. The van der Waals surface area contributed by atoms with Crippen LogP contribution < -0.4 is 4.90 Å². The average Bonchev–Trinajstić information content (AvgIpc) is 2.69. The van der Waals surface area contributed by atoms with Gasteiger partial charge in [-0.15, -0.1) is 0 Å². The molecule has 0 aliphatic carbocycles. The maximum Gasteiger partial charge on any atom is 0.271 e. The topological polar surface area (TPSA) is 46.4 Å². The fraction of sp³-hybridized carbons (Fsp3) is 0.455. The lowest BCUT2D eigenvalue weighted by Gasteiger charge is -2.21. The number of aryl methyl sites for hydroxylation is 1. The van der Waals surface area contributed by atoms with E-state index >= 15 is 0 Å². The van der Waals surface area contributed by atoms with Gasteiger partial charge in [0.2, 0.25) is 0 Å². The molecule has 2 rings (SSSR count). The standard InChI is InChI=1S/C11H13ClN2O2/c1-8-6-9(14(15)16)7-10(12)11(8)13-4-2-3-5-13/h6-7H,2-5H2,1H3. The molecule has 1 aliphatic heterocycles. The maximum atomic E-state index is 10.7. The maximum absolute atomic E-state index is 10.7. The minimum atomic E-state index is -0.410. The van der Waals surface area contributed by atoms with Gasteiger partial charge in [0.1, 0.15) is 0 Å². The van der Waals surface area contributed by atoms with Gasteiger partial charge in [-0.1, -0.05) is 11.6 Å². The van der Waals surface area contributed by atoms with Crippen molar-refractivity contribution < 1.29 is 4.92 Å². The molecule has 0 radical (unpaired) electrons. The quantitative estimate of drug-likeness (QED) is 0.589. The predicted molar refractivity (Wildman–Crippen MR) is 64.3 cm³/mol. The van der Waals surface area contributed by atoms with E-state index in [0.29, 0.717) is 5.02 Å². The van der Waals surface area contributed by atoms with Crippen LogP contribution in [0.5, 0.6) is 0 Å². The second kappa shape index (κ2) is 4.29. The summed E-state index contributed by atoms with van der Waals surface area (Å²) in [7, 11) is 0. The molecule has 0 atom stereocenters. The highest BCUT2D eigenvalue weighted by molar-refractivity contribution is 6.33. The molecule has 16 heavy (non-hydrogen) atoms. The largest absolute Gasteiger partial charge is 0.370 e. The minimum Gasteiger partial charge on any atom is -0.370 e. The molecule has 4 nitrogen and oxygen atoms in total. The molecule has 5 heteroatoms. The van der Waals surface area contributed by atoms with Crippen LogP contribution in [0.1, 0.15) is 18.4 Å². The number of anilines is 1. The summed E-state index contributed by atoms with van der Waals surface area (Å²) in [5.41, 5.74) is 1.89. The van der Waals surface area contributed by atoms with Gasteiger partial charge in [-0.05, 0) is 25.3 Å². The first-order valence-electron chi connectivity index (χ1n) is 5.29. The normalized spacial score (nSPS) is 15.5. The molecule has 1 fully saturated rings. The fourth-order valence-electron chi connectivity index (χ4n) is 2.17. The number of nitro benzene ring substituents is 1. The molecule has 0 spiro atoms. The molecule has 0 saturated carbocycles. The van der Waals surface area contributed by atoms with Gasteiger partial charge in [-0.2, -0.15) is 0 Å². The lowest BCUT2D eigenvalue weighted by Crippen LogP contribution is -2.19. The fourth-order valence-corrected chi connectivity index (χ4v) is 2.55. The van der Waals surface area contributed by atoms with Crippen molar-refractivity contribution >= 4 is 23.0 Å². The third-order valence-corrected chi connectivity index (χ3v) is 3.16. The molecule has 0 amide bonds. The Bertz CT molecular complexity index is 405. The molecule has 1 saturated heterocycles. The van der Waals surface area contributed by atoms with Crippen LogP contribution in [-0.2, 0) is 0 Å². The van der Waals surface area contributed by atoms with Crippen molar-refractivity contribution in [2.75, 3.05) is 18.0 Å². The van der Waals surface area contributed by atoms with Crippen LogP contribution in [0.25, 0.3) is 0 Å². The smallest absolute Gasteiger partial charge is 0.271 e. The zero-order valence-corrected chi connectivity index (χ0v) is 9.83. The lowest BCUT2D eigenvalue weighted by atomic mass is 10.1. The molecule has 1 aromatic carbocycles. The highest BCUT2D eigenvalue weighted by Gasteiger charge is 2.20. The number of benzene rings is 1. The van der Waals surface area contributed by atoms with Gasteiger partial charge < -0.3 is 4.90 Å². The van der Waals surface area contributed by atoms with Crippen LogP contribution in [0.2, 0.25) is 5.02 Å². The third-order valence-electron chi connectivity index (χ3n) is 2.87. The summed E-state index contributed by atoms with van der Waals surface area (Å²) in [6.07, 6.45) is 2.32. The lowest BCUT2D eigenvalue weighted by molar-refractivity contribution is -0.384. The summed E-state index contributed by atoms with van der Waals surface area (Å²) in [5, 5.41) is 11.2. The third kappa shape index (κ3) is 1.97. The number of rotatable bonds is 2. The summed E-state index contributed by atoms with van der Waals surface area (Å²) in [6.45, 7) is 3.84. The first kappa shape index (κ1) is 11.2. The van der Waals surface area contributed by atoms with Gasteiger partial charge in [0.25, 0.3) is 5.69 Å². The first-order valence-corrected chi connectivity index (χ1v) is 5.67. The van der Waals surface area contributed by atoms with Gasteiger partial charge in [-0.3, -0.25) is 10.1 Å². The molecule has 0 bridgehead atoms. The average molecular weight is 241 g/mol. The Labute approximate surface area is 99.0 Å². The Morgan fingerprint density at radius 1 is 1.38 bits per heavy atom. The Hall–Kier alpha value is -1.29. The summed E-state index contributed by atoms with van der Waals surface area (Å²) in [5.74, 6) is 0. The van der Waals surface area contributed by atoms with Crippen molar-refractivity contribution in [1.29, 1.82) is 0 Å². The number of halogens is 1. The van der Waals surface area contributed by atoms with Crippen molar-refractivity contribution in [1.82, 2.24) is 0 Å². The highest BCUT2D eigenvalue weighted by Crippen LogP contribution is 2.35. The number of nitrogens with zero attached hydrogens (tertiary/aromatic N) is 2. The molecule has 0 unspecified atom stereocenters. The van der Waals surface area contributed by atoms with Gasteiger partial charge >= 0.3 is 0 Å². The summed E-state index contributed by atoms with van der Waals surface area (Å²) in [6, 6.07) is 3.02. The highest BCUT2D eigenvalue weighted by atomic mass is 35.5. The van der Waals surface area contributed by atoms with Crippen molar-refractivity contribution in [3.05, 3.63) is 32.8 Å². The van der Waals surface area contributed by atoms with Crippen LogP contribution in [0.15, 0.2) is 12.1 Å². The number of hydrogen-bond acceptors (Lipinski definition) is 3. The van der Waals surface area contributed by atoms with Crippen molar-refractivity contribution in [2.24, 2.45) is 0 Å². The Morgan fingerprint density at radius 3 is 2.50 bits per heavy atom. The van der Waals surface area contributed by atoms with E-state index in [1.54, 1.807) is 6.07 Å². The minimum absolute atomic E-state index is 0.0606. The molecule has 1 aromatic rings.